The highest BCUT2D eigenvalue weighted by molar-refractivity contribution is 7.85. The third kappa shape index (κ3) is 4.27. The summed E-state index contributed by atoms with van der Waals surface area (Å²) in [5, 5.41) is 2.48. The minimum atomic E-state index is -1.49. The maximum absolute atomic E-state index is 15.5. The molecule has 0 N–H and O–H groups in total. The van der Waals surface area contributed by atoms with Crippen LogP contribution in [0.4, 0.5) is 17.1 Å². The molecule has 0 saturated carbocycles. The lowest BCUT2D eigenvalue weighted by atomic mass is 9.65. The third-order valence-electron chi connectivity index (χ3n) is 12.7. The molecule has 2 aromatic heterocycles. The third-order valence-corrected chi connectivity index (χ3v) is 14.3. The second-order valence-electron chi connectivity index (χ2n) is 15.6. The van der Waals surface area contributed by atoms with Gasteiger partial charge in [-0.2, -0.15) is 0 Å². The van der Waals surface area contributed by atoms with E-state index in [1.165, 1.54) is 44.2 Å². The predicted octanol–water partition coefficient (Wildman–Crippen LogP) is 13.1. The van der Waals surface area contributed by atoms with Gasteiger partial charge in [0.2, 0.25) is 0 Å². The second-order valence-corrected chi connectivity index (χ2v) is 17.0. The van der Waals surface area contributed by atoms with Gasteiger partial charge in [0.1, 0.15) is 0 Å². The molecule has 2 aliphatic heterocycles. The first-order valence-electron chi connectivity index (χ1n) is 20.1. The van der Waals surface area contributed by atoms with Gasteiger partial charge in [-0.3, -0.25) is 0 Å². The van der Waals surface area contributed by atoms with Crippen molar-refractivity contribution in [1.82, 2.24) is 9.55 Å². The van der Waals surface area contributed by atoms with E-state index >= 15 is 4.21 Å². The van der Waals surface area contributed by atoms with E-state index in [-0.39, 0.29) is 0 Å². The fraction of sp³-hybridized carbons (Fsp3) is 0.0185. The maximum atomic E-state index is 15.5. The largest absolute Gasteiger partial charge is 0.309 e. The van der Waals surface area contributed by atoms with Crippen LogP contribution in [0.2, 0.25) is 0 Å². The molecule has 0 amide bonds. The van der Waals surface area contributed by atoms with Crippen molar-refractivity contribution >= 4 is 49.7 Å². The lowest BCUT2D eigenvalue weighted by Gasteiger charge is -2.40. The lowest BCUT2D eigenvalue weighted by molar-refractivity contribution is 0.682. The maximum Gasteiger partial charge on any atom is 0.0898 e. The first kappa shape index (κ1) is 32.7. The van der Waals surface area contributed by atoms with E-state index in [2.05, 4.69) is 179 Å². The molecule has 10 aromatic rings. The van der Waals surface area contributed by atoms with E-state index in [0.29, 0.717) is 0 Å². The fourth-order valence-corrected chi connectivity index (χ4v) is 12.0. The number of fused-ring (bicyclic) bond motifs is 15. The molecule has 4 nitrogen and oxygen atoms in total. The Morgan fingerprint density at radius 3 is 1.86 bits per heavy atom. The zero-order valence-electron chi connectivity index (χ0n) is 31.7. The molecule has 0 radical (unpaired) electrons. The number of pyridine rings is 1. The number of nitrogens with zero attached hydrogens (tertiary/aromatic N) is 3. The summed E-state index contributed by atoms with van der Waals surface area (Å²) >= 11 is 0. The van der Waals surface area contributed by atoms with Crippen molar-refractivity contribution in [3.05, 3.63) is 222 Å². The SMILES string of the molecule is O=S1c2ccccc2N(c2cc(-c3ccccc3)nc(-c3ccccc3)c2)c2ccc3c(c21)-c1ccccc1C31c2ccccc2-n2c3ccccc3c3cccc1c32. The lowest BCUT2D eigenvalue weighted by Crippen LogP contribution is -2.33. The summed E-state index contributed by atoms with van der Waals surface area (Å²) in [5.74, 6) is 0. The van der Waals surface area contributed by atoms with Crippen molar-refractivity contribution in [2.45, 2.75) is 15.2 Å². The summed E-state index contributed by atoms with van der Waals surface area (Å²) in [6.07, 6.45) is 0. The average molecular weight is 772 g/mol. The number of hydrogen-bond donors (Lipinski definition) is 0. The highest BCUT2D eigenvalue weighted by Gasteiger charge is 2.52. The fourth-order valence-electron chi connectivity index (χ4n) is 10.4. The molecule has 2 unspecified atom stereocenters. The highest BCUT2D eigenvalue weighted by atomic mass is 32.2. The number of anilines is 3. The second kappa shape index (κ2) is 12.1. The molecule has 59 heavy (non-hydrogen) atoms. The summed E-state index contributed by atoms with van der Waals surface area (Å²) < 4.78 is 18.0. The first-order chi connectivity index (χ1) is 29.2. The Bertz CT molecular complexity index is 3370. The van der Waals surface area contributed by atoms with Gasteiger partial charge in [-0.15, -0.1) is 0 Å². The number of benzene rings is 8. The minimum Gasteiger partial charge on any atom is -0.309 e. The number of rotatable bonds is 3. The zero-order chi connectivity index (χ0) is 38.8. The Labute approximate surface area is 343 Å². The topological polar surface area (TPSA) is 38.1 Å². The molecule has 0 bridgehead atoms. The van der Waals surface area contributed by atoms with Gasteiger partial charge >= 0.3 is 0 Å². The van der Waals surface area contributed by atoms with E-state index in [1.54, 1.807) is 0 Å². The Morgan fingerprint density at radius 2 is 1.08 bits per heavy atom. The molecular weight excluding hydrogens is 739 g/mol. The van der Waals surface area contributed by atoms with Crippen LogP contribution >= 0.6 is 0 Å². The molecule has 1 spiro atoms. The van der Waals surface area contributed by atoms with Crippen LogP contribution in [0.15, 0.2) is 210 Å². The predicted molar refractivity (Wildman–Crippen MR) is 240 cm³/mol. The van der Waals surface area contributed by atoms with E-state index in [4.69, 9.17) is 4.98 Å². The molecule has 13 rings (SSSR count). The van der Waals surface area contributed by atoms with Crippen LogP contribution in [0.25, 0.3) is 61.1 Å². The van der Waals surface area contributed by atoms with Crippen molar-refractivity contribution in [1.29, 1.82) is 0 Å². The van der Waals surface area contributed by atoms with Gasteiger partial charge in [-0.05, 0) is 70.3 Å². The molecule has 5 heteroatoms. The van der Waals surface area contributed by atoms with Gasteiger partial charge in [-0.25, -0.2) is 9.19 Å². The zero-order valence-corrected chi connectivity index (χ0v) is 32.5. The Balaban J connectivity index is 1.14. The van der Waals surface area contributed by atoms with Gasteiger partial charge in [0.25, 0.3) is 0 Å². The van der Waals surface area contributed by atoms with Crippen LogP contribution in [-0.2, 0) is 16.2 Å². The van der Waals surface area contributed by atoms with Gasteiger partial charge in [0, 0.05) is 27.5 Å². The van der Waals surface area contributed by atoms with Crippen LogP contribution in [0.1, 0.15) is 22.3 Å². The standard InChI is InChI=1S/C54H33N3OS/c58-59-50-29-14-13-28-48(50)56(36-32-44(34-16-3-1-4-17-34)55-45(33-36)35-18-5-2-6-19-35)49-31-30-42-51(53(49)59)39-21-7-9-23-40(39)54(42)41-24-10-12-27-47(41)57-46-26-11-8-20-37(46)38-22-15-25-43(54)52(38)57/h1-33H. The molecule has 0 saturated heterocycles. The number of para-hydroxylation sites is 4. The number of hydrogen-bond acceptors (Lipinski definition) is 3. The van der Waals surface area contributed by atoms with Crippen LogP contribution < -0.4 is 4.90 Å². The van der Waals surface area contributed by atoms with Crippen LogP contribution in [0.3, 0.4) is 0 Å². The van der Waals surface area contributed by atoms with Crippen LogP contribution in [0.5, 0.6) is 0 Å². The van der Waals surface area contributed by atoms with Crippen molar-refractivity contribution in [3.63, 3.8) is 0 Å². The van der Waals surface area contributed by atoms with E-state index in [0.717, 1.165) is 66.1 Å². The molecular formula is C54H33N3OS. The van der Waals surface area contributed by atoms with Crippen molar-refractivity contribution < 1.29 is 4.21 Å². The normalized spacial score (nSPS) is 16.7. The van der Waals surface area contributed by atoms with E-state index in [9.17, 15) is 0 Å². The quantitative estimate of drug-likeness (QED) is 0.180. The Kier molecular flexibility index (Phi) is 6.70. The van der Waals surface area contributed by atoms with Crippen molar-refractivity contribution in [2.75, 3.05) is 4.90 Å². The van der Waals surface area contributed by atoms with Gasteiger partial charge in [0.15, 0.2) is 0 Å². The van der Waals surface area contributed by atoms with Gasteiger partial charge < -0.3 is 9.47 Å². The van der Waals surface area contributed by atoms with Gasteiger partial charge in [0.05, 0.1) is 71.2 Å². The van der Waals surface area contributed by atoms with E-state index < -0.39 is 16.2 Å². The summed E-state index contributed by atoms with van der Waals surface area (Å²) in [6.45, 7) is 0. The molecule has 0 fully saturated rings. The monoisotopic (exact) mass is 771 g/mol. The van der Waals surface area contributed by atoms with Crippen molar-refractivity contribution in [2.24, 2.45) is 0 Å². The minimum absolute atomic E-state index is 0.648. The molecule has 1 aliphatic carbocycles. The highest BCUT2D eigenvalue weighted by Crippen LogP contribution is 2.64. The molecule has 276 valence electrons. The van der Waals surface area contributed by atoms with Gasteiger partial charge in [-0.1, -0.05) is 158 Å². The van der Waals surface area contributed by atoms with Crippen LogP contribution in [-0.4, -0.2) is 13.8 Å². The molecule has 8 aromatic carbocycles. The molecule has 3 aliphatic rings. The van der Waals surface area contributed by atoms with Crippen LogP contribution in [0, 0.1) is 0 Å². The first-order valence-corrected chi connectivity index (χ1v) is 21.2. The molecule has 2 atom stereocenters. The average Bonchev–Trinajstić information content (AvgIpc) is 3.80. The smallest absolute Gasteiger partial charge is 0.0898 e. The van der Waals surface area contributed by atoms with E-state index in [1.807, 2.05) is 30.3 Å². The Morgan fingerprint density at radius 1 is 0.475 bits per heavy atom. The summed E-state index contributed by atoms with van der Waals surface area (Å²) in [4.78, 5) is 9.16. The Hall–Kier alpha value is -7.34. The molecule has 4 heterocycles. The van der Waals surface area contributed by atoms with Crippen molar-refractivity contribution in [3.8, 4) is 39.3 Å². The number of aromatic nitrogens is 2. The summed E-state index contributed by atoms with van der Waals surface area (Å²) in [6, 6.07) is 71.1. The summed E-state index contributed by atoms with van der Waals surface area (Å²) in [5.41, 5.74) is 16.5. The summed E-state index contributed by atoms with van der Waals surface area (Å²) in [7, 11) is -1.49.